The van der Waals surface area contributed by atoms with E-state index < -0.39 is 19.8 Å². The fourth-order valence-electron chi connectivity index (χ4n) is 1.74. The van der Waals surface area contributed by atoms with Crippen molar-refractivity contribution in [1.82, 2.24) is 0 Å². The summed E-state index contributed by atoms with van der Waals surface area (Å²) in [6.07, 6.45) is 2.32. The van der Waals surface area contributed by atoms with E-state index in [9.17, 15) is 0 Å². The van der Waals surface area contributed by atoms with Crippen molar-refractivity contribution in [2.24, 2.45) is 0 Å². The third-order valence-corrected chi connectivity index (χ3v) is 4.40. The Bertz CT molecular complexity index is 431. The predicted octanol–water partition coefficient (Wildman–Crippen LogP) is 5.40. The summed E-state index contributed by atoms with van der Waals surface area (Å²) in [4.78, 5) is 0. The molecular weight excluding hydrogens is 341 g/mol. The van der Waals surface area contributed by atoms with Crippen LogP contribution in [0.2, 0.25) is 0 Å². The van der Waals surface area contributed by atoms with E-state index in [-0.39, 0.29) is 24.8 Å². The van der Waals surface area contributed by atoms with Gasteiger partial charge in [0.1, 0.15) is 0 Å². The second-order valence-corrected chi connectivity index (χ2v) is 5.73. The molecular formula is C16H21Cl2NOTi. The van der Waals surface area contributed by atoms with E-state index in [1.165, 1.54) is 17.8 Å². The molecule has 0 aliphatic rings. The van der Waals surface area contributed by atoms with Crippen LogP contribution in [0.4, 0.5) is 11.4 Å². The Morgan fingerprint density at radius 3 is 1.76 bits per heavy atom. The molecule has 0 spiro atoms. The molecule has 0 heterocycles. The summed E-state index contributed by atoms with van der Waals surface area (Å²) in [6, 6.07) is 20.9. The molecule has 0 saturated carbocycles. The summed E-state index contributed by atoms with van der Waals surface area (Å²) < 4.78 is 8.21. The SMILES string of the molecule is CCCC[O][Ti][N](c1ccccc1)c1ccccc1.Cl.Cl. The van der Waals surface area contributed by atoms with Crippen molar-refractivity contribution in [1.29, 1.82) is 0 Å². The van der Waals surface area contributed by atoms with Crippen molar-refractivity contribution >= 4 is 36.2 Å². The monoisotopic (exact) mass is 361 g/mol. The largest absolute Gasteiger partial charge is 0.147 e. The minimum Gasteiger partial charge on any atom is -0.147 e. The number of hydrogen-bond donors (Lipinski definition) is 0. The number of rotatable bonds is 7. The summed E-state index contributed by atoms with van der Waals surface area (Å²) in [5.41, 5.74) is 2.43. The number of halogens is 2. The smallest absolute Gasteiger partial charge is 0.147 e. The molecule has 0 aromatic heterocycles. The zero-order valence-corrected chi connectivity index (χ0v) is 15.3. The van der Waals surface area contributed by atoms with Gasteiger partial charge in [-0.2, -0.15) is 0 Å². The number of para-hydroxylation sites is 2. The van der Waals surface area contributed by atoms with Crippen molar-refractivity contribution in [3.63, 3.8) is 0 Å². The van der Waals surface area contributed by atoms with Crippen LogP contribution in [-0.2, 0) is 23.1 Å². The molecule has 2 nitrogen and oxygen atoms in total. The Morgan fingerprint density at radius 1 is 0.857 bits per heavy atom. The number of hydrogen-bond acceptors (Lipinski definition) is 2. The first-order chi connectivity index (χ1) is 9.42. The maximum absolute atomic E-state index is 5.90. The van der Waals surface area contributed by atoms with Gasteiger partial charge in [-0.15, -0.1) is 24.8 Å². The average Bonchev–Trinajstić information content (AvgIpc) is 2.49. The quantitative estimate of drug-likeness (QED) is 0.483. The van der Waals surface area contributed by atoms with Crippen molar-refractivity contribution in [3.05, 3.63) is 60.7 Å². The standard InChI is InChI=1S/C12H10N.C4H9O.2ClH.Ti/c1-3-7-11(8-4-1)13-12-9-5-2-6-10-12;1-2-3-4-5;;;/h1-10H;2-4H2,1H3;2*1H;/q2*-1;;;+2. The molecule has 114 valence electrons. The van der Waals surface area contributed by atoms with Crippen LogP contribution in [0.5, 0.6) is 0 Å². The molecule has 2 rings (SSSR count). The van der Waals surface area contributed by atoms with Gasteiger partial charge in [-0.25, -0.2) is 0 Å². The Balaban J connectivity index is 0.00000200. The average molecular weight is 362 g/mol. The first-order valence-corrected chi connectivity index (χ1v) is 8.03. The minimum absolute atomic E-state index is 0. The van der Waals surface area contributed by atoms with Gasteiger partial charge in [-0.3, -0.25) is 0 Å². The Kier molecular flexibility index (Phi) is 11.8. The van der Waals surface area contributed by atoms with Gasteiger partial charge < -0.3 is 0 Å². The van der Waals surface area contributed by atoms with Crippen molar-refractivity contribution in [2.45, 2.75) is 19.8 Å². The van der Waals surface area contributed by atoms with Gasteiger partial charge in [0.25, 0.3) is 0 Å². The molecule has 0 radical (unpaired) electrons. The van der Waals surface area contributed by atoms with E-state index in [1.54, 1.807) is 0 Å². The molecule has 0 aliphatic heterocycles. The first kappa shape index (κ1) is 20.5. The molecule has 0 N–H and O–H groups in total. The summed E-state index contributed by atoms with van der Waals surface area (Å²) in [6.45, 7) is 3.06. The van der Waals surface area contributed by atoms with E-state index in [4.69, 9.17) is 3.32 Å². The molecule has 0 unspecified atom stereocenters. The molecule has 0 bridgehead atoms. The van der Waals surface area contributed by atoms with Crippen LogP contribution in [0, 0.1) is 0 Å². The van der Waals surface area contributed by atoms with Crippen LogP contribution in [0.3, 0.4) is 0 Å². The van der Waals surface area contributed by atoms with Crippen molar-refractivity contribution < 1.29 is 23.1 Å². The van der Waals surface area contributed by atoms with Crippen LogP contribution in [0.15, 0.2) is 60.7 Å². The third kappa shape index (κ3) is 6.86. The van der Waals surface area contributed by atoms with Crippen molar-refractivity contribution in [2.75, 3.05) is 9.99 Å². The van der Waals surface area contributed by atoms with Gasteiger partial charge in [0.15, 0.2) is 0 Å². The normalized spacial score (nSPS) is 9.19. The van der Waals surface area contributed by atoms with E-state index in [1.807, 2.05) is 12.1 Å². The molecule has 2 aromatic rings. The van der Waals surface area contributed by atoms with Crippen LogP contribution in [0.1, 0.15) is 19.8 Å². The molecule has 5 heteroatoms. The fraction of sp³-hybridized carbons (Fsp3) is 0.250. The van der Waals surface area contributed by atoms with E-state index in [0.29, 0.717) is 0 Å². The summed E-state index contributed by atoms with van der Waals surface area (Å²) in [5, 5.41) is 0. The Labute approximate surface area is 149 Å². The number of anilines is 2. The van der Waals surface area contributed by atoms with E-state index >= 15 is 0 Å². The zero-order chi connectivity index (χ0) is 13.3. The van der Waals surface area contributed by atoms with Gasteiger partial charge in [-0.1, -0.05) is 0 Å². The van der Waals surface area contributed by atoms with Crippen LogP contribution >= 0.6 is 24.8 Å². The Morgan fingerprint density at radius 2 is 1.33 bits per heavy atom. The van der Waals surface area contributed by atoms with Gasteiger partial charge in [0, 0.05) is 0 Å². The van der Waals surface area contributed by atoms with Gasteiger partial charge in [-0.05, 0) is 0 Å². The predicted molar refractivity (Wildman–Crippen MR) is 90.4 cm³/mol. The topological polar surface area (TPSA) is 12.5 Å². The second kappa shape index (κ2) is 12.1. The summed E-state index contributed by atoms with van der Waals surface area (Å²) in [7, 11) is 0. The molecule has 21 heavy (non-hydrogen) atoms. The summed E-state index contributed by atoms with van der Waals surface area (Å²) in [5.74, 6) is 0. The summed E-state index contributed by atoms with van der Waals surface area (Å²) >= 11 is -0.623. The van der Waals surface area contributed by atoms with Crippen molar-refractivity contribution in [3.8, 4) is 0 Å². The van der Waals surface area contributed by atoms with Gasteiger partial charge in [0.05, 0.1) is 0 Å². The van der Waals surface area contributed by atoms with E-state index in [2.05, 4.69) is 58.8 Å². The first-order valence-electron chi connectivity index (χ1n) is 6.69. The van der Waals surface area contributed by atoms with Gasteiger partial charge >= 0.3 is 125 Å². The third-order valence-electron chi connectivity index (χ3n) is 2.78. The maximum atomic E-state index is 5.90. The van der Waals surface area contributed by atoms with Crippen LogP contribution < -0.4 is 3.38 Å². The maximum Gasteiger partial charge on any atom is -0.147 e. The number of benzene rings is 2. The minimum atomic E-state index is -0.623. The van der Waals surface area contributed by atoms with E-state index in [0.717, 1.165) is 13.0 Å². The molecule has 0 amide bonds. The second-order valence-electron chi connectivity index (χ2n) is 4.30. The number of nitrogens with zero attached hydrogens (tertiary/aromatic N) is 1. The van der Waals surface area contributed by atoms with Gasteiger partial charge in [0.2, 0.25) is 0 Å². The molecule has 0 aliphatic carbocycles. The molecule has 0 saturated heterocycles. The zero-order valence-electron chi connectivity index (χ0n) is 12.1. The van der Waals surface area contributed by atoms with Crippen LogP contribution in [0.25, 0.3) is 0 Å². The molecule has 0 atom stereocenters. The number of unbranched alkanes of at least 4 members (excludes halogenated alkanes) is 1. The fourth-order valence-corrected chi connectivity index (χ4v) is 3.10. The Hall–Kier alpha value is -0.506. The molecule has 0 fully saturated rings. The van der Waals surface area contributed by atoms with Crippen LogP contribution in [-0.4, -0.2) is 6.61 Å². The molecule has 2 aromatic carbocycles.